The number of rotatable bonds is 5. The fraction of sp³-hybridized carbons (Fsp3) is 0.381. The molecule has 2 aromatic rings. The van der Waals surface area contributed by atoms with Crippen LogP contribution in [0.2, 0.25) is 5.02 Å². The van der Waals surface area contributed by atoms with Gasteiger partial charge in [-0.05, 0) is 49.2 Å². The van der Waals surface area contributed by atoms with Gasteiger partial charge in [-0.25, -0.2) is 0 Å². The van der Waals surface area contributed by atoms with Gasteiger partial charge in [-0.15, -0.1) is 0 Å². The van der Waals surface area contributed by atoms with Crippen molar-refractivity contribution in [3.8, 4) is 5.75 Å². The molecular formula is C21H26ClN3O2. The second kappa shape index (κ2) is 8.63. The van der Waals surface area contributed by atoms with E-state index in [-0.39, 0.29) is 5.91 Å². The second-order valence-electron chi connectivity index (χ2n) is 6.88. The van der Waals surface area contributed by atoms with Crippen molar-refractivity contribution in [3.63, 3.8) is 0 Å². The van der Waals surface area contributed by atoms with Crippen molar-refractivity contribution in [2.45, 2.75) is 13.8 Å². The molecule has 1 saturated heterocycles. The highest BCUT2D eigenvalue weighted by molar-refractivity contribution is 6.31. The van der Waals surface area contributed by atoms with E-state index >= 15 is 0 Å². The Hall–Kier alpha value is -2.24. The van der Waals surface area contributed by atoms with Gasteiger partial charge < -0.3 is 15.0 Å². The average molecular weight is 388 g/mol. The number of carbonyl (C=O) groups is 1. The van der Waals surface area contributed by atoms with Gasteiger partial charge in [0.1, 0.15) is 5.75 Å². The van der Waals surface area contributed by atoms with E-state index in [1.807, 2.05) is 0 Å². The molecular weight excluding hydrogens is 362 g/mol. The van der Waals surface area contributed by atoms with Gasteiger partial charge in [-0.2, -0.15) is 0 Å². The van der Waals surface area contributed by atoms with E-state index in [1.54, 1.807) is 25.3 Å². The van der Waals surface area contributed by atoms with Crippen molar-refractivity contribution in [2.24, 2.45) is 0 Å². The van der Waals surface area contributed by atoms with Crippen LogP contribution in [0.5, 0.6) is 5.75 Å². The number of amides is 1. The lowest BCUT2D eigenvalue weighted by Crippen LogP contribution is -2.48. The van der Waals surface area contributed by atoms with Crippen molar-refractivity contribution in [1.82, 2.24) is 4.90 Å². The number of hydrogen-bond donors (Lipinski definition) is 1. The summed E-state index contributed by atoms with van der Waals surface area (Å²) in [5, 5.41) is 3.47. The zero-order valence-corrected chi connectivity index (χ0v) is 16.8. The minimum atomic E-state index is -0.0595. The van der Waals surface area contributed by atoms with Crippen molar-refractivity contribution < 1.29 is 9.53 Å². The van der Waals surface area contributed by atoms with Crippen LogP contribution in [0.3, 0.4) is 0 Å². The molecule has 1 aliphatic rings. The summed E-state index contributed by atoms with van der Waals surface area (Å²) < 4.78 is 5.28. The highest BCUT2D eigenvalue weighted by Gasteiger charge is 2.21. The summed E-state index contributed by atoms with van der Waals surface area (Å²) in [6, 6.07) is 11.6. The van der Waals surface area contributed by atoms with Crippen molar-refractivity contribution in [2.75, 3.05) is 50.1 Å². The minimum Gasteiger partial charge on any atom is -0.495 e. The van der Waals surface area contributed by atoms with E-state index in [0.29, 0.717) is 23.0 Å². The average Bonchev–Trinajstić information content (AvgIpc) is 2.65. The topological polar surface area (TPSA) is 44.8 Å². The Bertz CT molecular complexity index is 817. The van der Waals surface area contributed by atoms with E-state index in [0.717, 1.165) is 26.2 Å². The Kier molecular flexibility index (Phi) is 6.24. The lowest BCUT2D eigenvalue weighted by atomic mass is 10.1. The number of piperazine rings is 1. The molecule has 1 fully saturated rings. The molecule has 3 rings (SSSR count). The zero-order chi connectivity index (χ0) is 19.4. The Morgan fingerprint density at radius 2 is 1.89 bits per heavy atom. The number of halogens is 1. The predicted octanol–water partition coefficient (Wildman–Crippen LogP) is 3.73. The molecule has 0 bridgehead atoms. The Balaban J connectivity index is 1.55. The minimum absolute atomic E-state index is 0.0595. The predicted molar refractivity (Wildman–Crippen MR) is 111 cm³/mol. The summed E-state index contributed by atoms with van der Waals surface area (Å²) in [5.41, 5.74) is 4.54. The van der Waals surface area contributed by atoms with Gasteiger partial charge in [0.25, 0.3) is 0 Å². The molecule has 144 valence electrons. The molecule has 27 heavy (non-hydrogen) atoms. The van der Waals surface area contributed by atoms with E-state index in [1.165, 1.54) is 16.8 Å². The Labute approximate surface area is 165 Å². The Morgan fingerprint density at radius 3 is 2.59 bits per heavy atom. The number of aryl methyl sites for hydroxylation is 1. The highest BCUT2D eigenvalue weighted by atomic mass is 35.5. The molecule has 5 nitrogen and oxygen atoms in total. The van der Waals surface area contributed by atoms with Crippen LogP contribution in [-0.2, 0) is 4.79 Å². The standard InChI is InChI=1S/C21H26ClN3O2/c1-15-5-4-6-19(16(15)2)25-11-9-24(10-12-25)14-21(26)23-18-13-17(22)7-8-20(18)27-3/h4-8,13H,9-12,14H2,1-3H3,(H,23,26). The second-order valence-corrected chi connectivity index (χ2v) is 7.31. The van der Waals surface area contributed by atoms with Crippen LogP contribution < -0.4 is 15.0 Å². The zero-order valence-electron chi connectivity index (χ0n) is 16.1. The molecule has 0 aliphatic carbocycles. The van der Waals surface area contributed by atoms with Crippen LogP contribution in [0.15, 0.2) is 36.4 Å². The summed E-state index contributed by atoms with van der Waals surface area (Å²) in [6.07, 6.45) is 0. The lowest BCUT2D eigenvalue weighted by molar-refractivity contribution is -0.117. The molecule has 0 saturated carbocycles. The van der Waals surface area contributed by atoms with Crippen LogP contribution in [0.1, 0.15) is 11.1 Å². The van der Waals surface area contributed by atoms with E-state index in [4.69, 9.17) is 16.3 Å². The van der Waals surface area contributed by atoms with Gasteiger partial charge in [0.15, 0.2) is 0 Å². The molecule has 6 heteroatoms. The third-order valence-electron chi connectivity index (χ3n) is 5.09. The number of ether oxygens (including phenoxy) is 1. The normalized spacial score (nSPS) is 14.9. The number of anilines is 2. The number of carbonyl (C=O) groups excluding carboxylic acids is 1. The van der Waals surface area contributed by atoms with Crippen molar-refractivity contribution in [1.29, 1.82) is 0 Å². The first-order chi connectivity index (χ1) is 13.0. The molecule has 1 heterocycles. The maximum absolute atomic E-state index is 12.4. The van der Waals surface area contributed by atoms with Crippen LogP contribution in [0.25, 0.3) is 0 Å². The molecule has 0 atom stereocenters. The van der Waals surface area contributed by atoms with Gasteiger partial charge in [-0.1, -0.05) is 23.7 Å². The first-order valence-electron chi connectivity index (χ1n) is 9.15. The molecule has 1 N–H and O–H groups in total. The number of methoxy groups -OCH3 is 1. The molecule has 1 aliphatic heterocycles. The number of benzene rings is 2. The first-order valence-corrected chi connectivity index (χ1v) is 9.52. The third-order valence-corrected chi connectivity index (χ3v) is 5.33. The molecule has 1 amide bonds. The van der Waals surface area contributed by atoms with Gasteiger partial charge in [0.2, 0.25) is 5.91 Å². The van der Waals surface area contributed by atoms with Crippen molar-refractivity contribution in [3.05, 3.63) is 52.5 Å². The molecule has 2 aromatic carbocycles. The number of nitrogens with one attached hydrogen (secondary N) is 1. The molecule has 0 unspecified atom stereocenters. The molecule has 0 spiro atoms. The van der Waals surface area contributed by atoms with Crippen LogP contribution >= 0.6 is 11.6 Å². The summed E-state index contributed by atoms with van der Waals surface area (Å²) in [6.45, 7) is 8.21. The van der Waals surface area contributed by atoms with Gasteiger partial charge in [0, 0.05) is 36.9 Å². The summed E-state index contributed by atoms with van der Waals surface area (Å²) in [5.74, 6) is 0.545. The van der Waals surface area contributed by atoms with E-state index in [9.17, 15) is 4.79 Å². The fourth-order valence-corrected chi connectivity index (χ4v) is 3.57. The summed E-state index contributed by atoms with van der Waals surface area (Å²) >= 11 is 6.02. The monoisotopic (exact) mass is 387 g/mol. The number of hydrogen-bond acceptors (Lipinski definition) is 4. The van der Waals surface area contributed by atoms with Crippen LogP contribution in [0, 0.1) is 13.8 Å². The number of nitrogens with zero attached hydrogens (tertiary/aromatic N) is 2. The van der Waals surface area contributed by atoms with E-state index in [2.05, 4.69) is 47.2 Å². The smallest absolute Gasteiger partial charge is 0.238 e. The molecule has 0 radical (unpaired) electrons. The lowest BCUT2D eigenvalue weighted by Gasteiger charge is -2.36. The molecule has 0 aromatic heterocycles. The Morgan fingerprint density at radius 1 is 1.15 bits per heavy atom. The SMILES string of the molecule is COc1ccc(Cl)cc1NC(=O)CN1CCN(c2cccc(C)c2C)CC1. The summed E-state index contributed by atoms with van der Waals surface area (Å²) in [4.78, 5) is 17.0. The fourth-order valence-electron chi connectivity index (χ4n) is 3.40. The van der Waals surface area contributed by atoms with Gasteiger partial charge in [-0.3, -0.25) is 9.69 Å². The van der Waals surface area contributed by atoms with Crippen LogP contribution in [-0.4, -0.2) is 50.6 Å². The summed E-state index contributed by atoms with van der Waals surface area (Å²) in [7, 11) is 1.57. The maximum Gasteiger partial charge on any atom is 0.238 e. The van der Waals surface area contributed by atoms with Gasteiger partial charge >= 0.3 is 0 Å². The van der Waals surface area contributed by atoms with Crippen molar-refractivity contribution >= 4 is 28.9 Å². The van der Waals surface area contributed by atoms with E-state index < -0.39 is 0 Å². The quantitative estimate of drug-likeness (QED) is 0.849. The largest absolute Gasteiger partial charge is 0.495 e. The van der Waals surface area contributed by atoms with Gasteiger partial charge in [0.05, 0.1) is 19.3 Å². The highest BCUT2D eigenvalue weighted by Crippen LogP contribution is 2.28. The third kappa shape index (κ3) is 4.73. The first kappa shape index (κ1) is 19.5. The van der Waals surface area contributed by atoms with Crippen LogP contribution in [0.4, 0.5) is 11.4 Å². The maximum atomic E-state index is 12.4.